The second-order valence-electron chi connectivity index (χ2n) is 7.98. The molecule has 1 amide bonds. The minimum absolute atomic E-state index is 0.128. The molecule has 6 nitrogen and oxygen atoms in total. The highest BCUT2D eigenvalue weighted by atomic mass is 35.5. The molecule has 2 fully saturated rings. The van der Waals surface area contributed by atoms with Gasteiger partial charge >= 0.3 is 6.09 Å². The number of nitrogens with zero attached hydrogens (tertiary/aromatic N) is 2. The van der Waals surface area contributed by atoms with Gasteiger partial charge in [-0.15, -0.1) is 0 Å². The van der Waals surface area contributed by atoms with Gasteiger partial charge in [-0.2, -0.15) is 0 Å². The van der Waals surface area contributed by atoms with Crippen LogP contribution in [0.4, 0.5) is 10.5 Å². The molecule has 2 aromatic carbocycles. The maximum atomic E-state index is 12.3. The van der Waals surface area contributed by atoms with Crippen LogP contribution in [0.5, 0.6) is 5.75 Å². The summed E-state index contributed by atoms with van der Waals surface area (Å²) >= 11 is 5.96. The summed E-state index contributed by atoms with van der Waals surface area (Å²) in [6.45, 7) is 3.00. The highest BCUT2D eigenvalue weighted by Crippen LogP contribution is 2.33. The Balaban J connectivity index is 1.26. The monoisotopic (exact) mass is 430 g/mol. The van der Waals surface area contributed by atoms with Gasteiger partial charge in [0.1, 0.15) is 11.9 Å². The van der Waals surface area contributed by atoms with Crippen molar-refractivity contribution in [2.45, 2.75) is 31.0 Å². The number of rotatable bonds is 6. The number of benzene rings is 2. The molecule has 2 saturated heterocycles. The predicted octanol–water partition coefficient (Wildman–Crippen LogP) is 4.05. The number of aliphatic hydroxyl groups is 1. The number of anilines is 1. The summed E-state index contributed by atoms with van der Waals surface area (Å²) in [6.07, 6.45) is 1.70. The van der Waals surface area contributed by atoms with Gasteiger partial charge < -0.3 is 19.5 Å². The number of amides is 1. The van der Waals surface area contributed by atoms with E-state index in [4.69, 9.17) is 21.1 Å². The molecule has 0 aromatic heterocycles. The van der Waals surface area contributed by atoms with Crippen LogP contribution in [-0.2, 0) is 10.3 Å². The zero-order valence-electron chi connectivity index (χ0n) is 17.1. The lowest BCUT2D eigenvalue weighted by atomic mass is 9.84. The molecule has 0 radical (unpaired) electrons. The average molecular weight is 431 g/mol. The van der Waals surface area contributed by atoms with E-state index in [1.54, 1.807) is 12.0 Å². The van der Waals surface area contributed by atoms with E-state index in [0.717, 1.165) is 43.1 Å². The van der Waals surface area contributed by atoms with Gasteiger partial charge in [0.05, 0.1) is 19.3 Å². The van der Waals surface area contributed by atoms with Crippen molar-refractivity contribution < 1.29 is 19.4 Å². The number of halogens is 1. The molecular formula is C23H27ClN2O4. The average Bonchev–Trinajstić information content (AvgIpc) is 3.14. The molecule has 4 rings (SSSR count). The van der Waals surface area contributed by atoms with Crippen LogP contribution < -0.4 is 9.64 Å². The van der Waals surface area contributed by atoms with Gasteiger partial charge in [0.2, 0.25) is 0 Å². The van der Waals surface area contributed by atoms with Crippen molar-refractivity contribution in [3.8, 4) is 5.75 Å². The molecule has 2 aliphatic heterocycles. The third-order valence-electron chi connectivity index (χ3n) is 6.09. The molecule has 0 aliphatic carbocycles. The first kappa shape index (κ1) is 21.0. The Hall–Kier alpha value is -2.28. The summed E-state index contributed by atoms with van der Waals surface area (Å²) in [7, 11) is 1.62. The van der Waals surface area contributed by atoms with Gasteiger partial charge in [0, 0.05) is 30.3 Å². The van der Waals surface area contributed by atoms with E-state index in [0.29, 0.717) is 24.4 Å². The molecule has 0 saturated carbocycles. The Morgan fingerprint density at radius 3 is 2.43 bits per heavy atom. The Morgan fingerprint density at radius 2 is 1.80 bits per heavy atom. The van der Waals surface area contributed by atoms with Gasteiger partial charge in [-0.25, -0.2) is 4.79 Å². The van der Waals surface area contributed by atoms with E-state index in [2.05, 4.69) is 4.90 Å². The number of carbonyl (C=O) groups excluding carboxylic acids is 1. The minimum atomic E-state index is -0.800. The summed E-state index contributed by atoms with van der Waals surface area (Å²) in [5, 5.41) is 11.7. The van der Waals surface area contributed by atoms with Crippen molar-refractivity contribution >= 4 is 23.4 Å². The number of methoxy groups -OCH3 is 1. The lowest BCUT2D eigenvalue weighted by Crippen LogP contribution is -2.43. The third-order valence-corrected chi connectivity index (χ3v) is 6.34. The van der Waals surface area contributed by atoms with Gasteiger partial charge in [-0.3, -0.25) is 4.90 Å². The zero-order chi connectivity index (χ0) is 21.1. The molecule has 160 valence electrons. The number of carbonyl (C=O) groups is 1. The number of cyclic esters (lactones) is 1. The fourth-order valence-electron chi connectivity index (χ4n) is 4.17. The van der Waals surface area contributed by atoms with Crippen molar-refractivity contribution in [2.75, 3.05) is 38.2 Å². The van der Waals surface area contributed by atoms with Crippen LogP contribution in [0.1, 0.15) is 24.8 Å². The summed E-state index contributed by atoms with van der Waals surface area (Å²) in [5.41, 5.74) is 0.937. The minimum Gasteiger partial charge on any atom is -0.497 e. The van der Waals surface area contributed by atoms with Crippen molar-refractivity contribution in [3.63, 3.8) is 0 Å². The molecule has 7 heteroatoms. The molecule has 1 unspecified atom stereocenters. The first-order valence-corrected chi connectivity index (χ1v) is 10.7. The van der Waals surface area contributed by atoms with Crippen LogP contribution in [0, 0.1) is 0 Å². The molecule has 2 aliphatic rings. The first-order valence-electron chi connectivity index (χ1n) is 10.3. The van der Waals surface area contributed by atoms with Crippen molar-refractivity contribution in [1.29, 1.82) is 0 Å². The predicted molar refractivity (Wildman–Crippen MR) is 116 cm³/mol. The maximum absolute atomic E-state index is 12.3. The number of hydrogen-bond donors (Lipinski definition) is 1. The third kappa shape index (κ3) is 4.56. The van der Waals surface area contributed by atoms with E-state index in [9.17, 15) is 9.90 Å². The van der Waals surface area contributed by atoms with Crippen molar-refractivity contribution in [3.05, 3.63) is 59.1 Å². The SMILES string of the molecule is COc1ccc(N2CC(CCN3CCC(O)(c4ccc(Cl)cc4)CC3)OC2=O)cc1. The van der Waals surface area contributed by atoms with Crippen LogP contribution in [0.2, 0.25) is 5.02 Å². The Bertz CT molecular complexity index is 864. The quantitative estimate of drug-likeness (QED) is 0.749. The van der Waals surface area contributed by atoms with Crippen molar-refractivity contribution in [1.82, 2.24) is 4.90 Å². The summed E-state index contributed by atoms with van der Waals surface area (Å²) in [5.74, 6) is 0.756. The van der Waals surface area contributed by atoms with Gasteiger partial charge in [0.25, 0.3) is 0 Å². The second-order valence-corrected chi connectivity index (χ2v) is 8.42. The maximum Gasteiger partial charge on any atom is 0.414 e. The standard InChI is InChI=1S/C23H27ClN2O4/c1-29-20-8-6-19(7-9-20)26-16-21(30-22(26)27)10-13-25-14-11-23(28,12-15-25)17-2-4-18(24)5-3-17/h2-9,21,28H,10-16H2,1H3. The molecule has 2 heterocycles. The summed E-state index contributed by atoms with van der Waals surface area (Å²) in [6, 6.07) is 14.9. The van der Waals surface area contributed by atoms with Crippen LogP contribution >= 0.6 is 11.6 Å². The molecule has 1 N–H and O–H groups in total. The van der Waals surface area contributed by atoms with E-state index in [1.165, 1.54) is 0 Å². The van der Waals surface area contributed by atoms with E-state index >= 15 is 0 Å². The first-order chi connectivity index (χ1) is 14.5. The molecular weight excluding hydrogens is 404 g/mol. The van der Waals surface area contributed by atoms with E-state index in [1.807, 2.05) is 48.5 Å². The normalized spacial score (nSPS) is 21.5. The molecule has 30 heavy (non-hydrogen) atoms. The molecule has 0 bridgehead atoms. The van der Waals surface area contributed by atoms with Gasteiger partial charge in [0.15, 0.2) is 0 Å². The van der Waals surface area contributed by atoms with Gasteiger partial charge in [-0.1, -0.05) is 23.7 Å². The molecule has 2 aromatic rings. The fourth-order valence-corrected chi connectivity index (χ4v) is 4.29. The number of likely N-dealkylation sites (tertiary alicyclic amines) is 1. The van der Waals surface area contributed by atoms with E-state index < -0.39 is 5.60 Å². The fraction of sp³-hybridized carbons (Fsp3) is 0.435. The Labute approximate surface area is 181 Å². The van der Waals surface area contributed by atoms with Crippen LogP contribution in [0.15, 0.2) is 48.5 Å². The molecule has 1 atom stereocenters. The number of hydrogen-bond acceptors (Lipinski definition) is 5. The lowest BCUT2D eigenvalue weighted by Gasteiger charge is -2.38. The summed E-state index contributed by atoms with van der Waals surface area (Å²) in [4.78, 5) is 16.3. The van der Waals surface area contributed by atoms with Crippen LogP contribution in [-0.4, -0.2) is 55.5 Å². The highest BCUT2D eigenvalue weighted by molar-refractivity contribution is 6.30. The van der Waals surface area contributed by atoms with Crippen molar-refractivity contribution in [2.24, 2.45) is 0 Å². The molecule has 0 spiro atoms. The van der Waals surface area contributed by atoms with Crippen LogP contribution in [0.3, 0.4) is 0 Å². The largest absolute Gasteiger partial charge is 0.497 e. The van der Waals surface area contributed by atoms with Gasteiger partial charge in [-0.05, 0) is 61.2 Å². The summed E-state index contributed by atoms with van der Waals surface area (Å²) < 4.78 is 10.7. The Morgan fingerprint density at radius 1 is 1.13 bits per heavy atom. The van der Waals surface area contributed by atoms with Crippen LogP contribution in [0.25, 0.3) is 0 Å². The topological polar surface area (TPSA) is 62.2 Å². The number of piperidine rings is 1. The Kier molecular flexibility index (Phi) is 6.18. The number of ether oxygens (including phenoxy) is 2. The smallest absolute Gasteiger partial charge is 0.414 e. The van der Waals surface area contributed by atoms with E-state index in [-0.39, 0.29) is 12.2 Å². The zero-order valence-corrected chi connectivity index (χ0v) is 17.8. The second kappa shape index (κ2) is 8.84. The highest BCUT2D eigenvalue weighted by Gasteiger charge is 2.36. The lowest BCUT2D eigenvalue weighted by molar-refractivity contribution is -0.0275.